The fourth-order valence-corrected chi connectivity index (χ4v) is 5.21. The first-order chi connectivity index (χ1) is 18.2. The van der Waals surface area contributed by atoms with Crippen molar-refractivity contribution < 1.29 is 9.53 Å². The van der Waals surface area contributed by atoms with Gasteiger partial charge in [0.25, 0.3) is 0 Å². The number of rotatable bonds is 10. The molecule has 0 fully saturated rings. The highest BCUT2D eigenvalue weighted by atomic mass is 35.5. The van der Waals surface area contributed by atoms with Crippen molar-refractivity contribution >= 4 is 93.6 Å². The Bertz CT molecular complexity index is 1310. The first kappa shape index (κ1) is 32.0. The topological polar surface area (TPSA) is 44.8 Å². The quantitative estimate of drug-likeness (QED) is 0.173. The van der Waals surface area contributed by atoms with Crippen molar-refractivity contribution in [3.05, 3.63) is 109 Å². The number of carbonyl (C=O) groups is 1. The Morgan fingerprint density at radius 3 is 2.18 bits per heavy atom. The van der Waals surface area contributed by atoms with E-state index in [0.717, 1.165) is 11.1 Å². The van der Waals surface area contributed by atoms with E-state index in [0.29, 0.717) is 44.0 Å². The number of halogens is 7. The molecule has 1 heterocycles. The van der Waals surface area contributed by atoms with Gasteiger partial charge in [0.15, 0.2) is 0 Å². The van der Waals surface area contributed by atoms with Crippen molar-refractivity contribution in [2.24, 2.45) is 0 Å². The highest BCUT2D eigenvalue weighted by molar-refractivity contribution is 6.37. The van der Waals surface area contributed by atoms with Crippen molar-refractivity contribution in [1.29, 1.82) is 0 Å². The number of amides is 1. The van der Waals surface area contributed by atoms with Crippen LogP contribution in [0.4, 0.5) is 5.69 Å². The number of ether oxygens (including phenoxy) is 1. The second-order valence-corrected chi connectivity index (χ2v) is 11.2. The second kappa shape index (κ2) is 14.9. The van der Waals surface area contributed by atoms with E-state index in [1.54, 1.807) is 42.5 Å². The van der Waals surface area contributed by atoms with E-state index in [4.69, 9.17) is 74.3 Å². The van der Waals surface area contributed by atoms with Gasteiger partial charge in [0.1, 0.15) is 11.6 Å². The lowest BCUT2D eigenvalue weighted by atomic mass is 10.1. The van der Waals surface area contributed by atoms with E-state index in [1.807, 2.05) is 40.4 Å². The number of nitrogens with zero attached hydrogens (tertiary/aromatic N) is 2. The molecule has 0 saturated carbocycles. The van der Waals surface area contributed by atoms with Gasteiger partial charge in [0.05, 0.1) is 24.0 Å². The zero-order valence-corrected chi connectivity index (χ0v) is 25.7. The maximum atomic E-state index is 12.5. The lowest BCUT2D eigenvalue weighted by Crippen LogP contribution is -2.36. The Balaban J connectivity index is 0.00000420. The fourth-order valence-electron chi connectivity index (χ4n) is 3.82. The fraction of sp³-hybridized carbons (Fsp3) is 0.222. The lowest BCUT2D eigenvalue weighted by Gasteiger charge is -2.31. The first-order valence-corrected chi connectivity index (χ1v) is 13.9. The van der Waals surface area contributed by atoms with Crippen LogP contribution in [0.1, 0.15) is 23.7 Å². The molecular formula is C27H24Cl7N3O2. The molecule has 3 aromatic rings. The van der Waals surface area contributed by atoms with E-state index in [1.165, 1.54) is 0 Å². The monoisotopic (exact) mass is 667 g/mol. The predicted octanol–water partition coefficient (Wildman–Crippen LogP) is 9.27. The molecule has 1 N–H and O–H groups in total. The molecule has 1 amide bonds. The van der Waals surface area contributed by atoms with Gasteiger partial charge in [-0.2, -0.15) is 0 Å². The van der Waals surface area contributed by atoms with Gasteiger partial charge >= 0.3 is 0 Å². The number of benzene rings is 3. The highest BCUT2D eigenvalue weighted by Gasteiger charge is 2.29. The molecule has 0 aliphatic carbocycles. The van der Waals surface area contributed by atoms with E-state index in [2.05, 4.69) is 5.32 Å². The minimum atomic E-state index is -0.551. The molecule has 0 bridgehead atoms. The Morgan fingerprint density at radius 1 is 0.872 bits per heavy atom. The summed E-state index contributed by atoms with van der Waals surface area (Å²) in [6.45, 7) is 1.21. The Kier molecular flexibility index (Phi) is 12.2. The number of anilines is 1. The lowest BCUT2D eigenvalue weighted by molar-refractivity contribution is -0.116. The third-order valence-corrected chi connectivity index (χ3v) is 7.71. The number of alkyl halides is 1. The zero-order chi connectivity index (χ0) is 27.2. The largest absolute Gasteiger partial charge is 0.365 e. The second-order valence-electron chi connectivity index (χ2n) is 8.58. The van der Waals surface area contributed by atoms with Crippen LogP contribution >= 0.6 is 82.0 Å². The van der Waals surface area contributed by atoms with Crippen molar-refractivity contribution in [1.82, 2.24) is 9.80 Å². The number of carbonyl (C=O) groups excluding carboxylic acids is 1. The molecule has 1 aliphatic rings. The molecule has 0 spiro atoms. The Hall–Kier alpha value is -1.54. The normalized spacial score (nSPS) is 14.2. The summed E-state index contributed by atoms with van der Waals surface area (Å²) in [5.74, 6) is -0.161. The summed E-state index contributed by atoms with van der Waals surface area (Å²) in [7, 11) is 0. The van der Waals surface area contributed by atoms with Crippen LogP contribution in [-0.2, 0) is 16.1 Å². The van der Waals surface area contributed by atoms with Gasteiger partial charge in [0, 0.05) is 45.5 Å². The van der Waals surface area contributed by atoms with E-state index in [9.17, 15) is 4.79 Å². The maximum absolute atomic E-state index is 12.5. The average molecular weight is 671 g/mol. The molecule has 208 valence electrons. The van der Waals surface area contributed by atoms with Gasteiger partial charge in [-0.3, -0.25) is 4.79 Å². The molecule has 0 saturated heterocycles. The predicted molar refractivity (Wildman–Crippen MR) is 165 cm³/mol. The van der Waals surface area contributed by atoms with Crippen LogP contribution in [0.15, 0.2) is 73.1 Å². The third kappa shape index (κ3) is 8.97. The molecule has 2 unspecified atom stereocenters. The van der Waals surface area contributed by atoms with Gasteiger partial charge in [-0.05, 0) is 53.6 Å². The Morgan fingerprint density at radius 2 is 1.51 bits per heavy atom. The van der Waals surface area contributed by atoms with Crippen LogP contribution in [0, 0.1) is 0 Å². The minimum absolute atomic E-state index is 0. The molecule has 3 aromatic carbocycles. The first-order valence-electron chi connectivity index (χ1n) is 11.6. The summed E-state index contributed by atoms with van der Waals surface area (Å²) in [5.41, 5.74) is 1.63. The number of hydrogen-bond acceptors (Lipinski definition) is 4. The van der Waals surface area contributed by atoms with Crippen LogP contribution in [0.25, 0.3) is 0 Å². The highest BCUT2D eigenvalue weighted by Crippen LogP contribution is 2.33. The molecule has 0 aromatic heterocycles. The molecule has 0 radical (unpaired) electrons. The molecule has 12 heteroatoms. The van der Waals surface area contributed by atoms with Crippen LogP contribution in [0.3, 0.4) is 0 Å². The van der Waals surface area contributed by atoms with E-state index in [-0.39, 0.29) is 31.3 Å². The van der Waals surface area contributed by atoms with Crippen molar-refractivity contribution in [3.8, 4) is 0 Å². The Labute approximate surface area is 263 Å². The van der Waals surface area contributed by atoms with Gasteiger partial charge in [-0.25, -0.2) is 0 Å². The van der Waals surface area contributed by atoms with E-state index >= 15 is 0 Å². The summed E-state index contributed by atoms with van der Waals surface area (Å²) in [5, 5.41) is 5.38. The third-order valence-electron chi connectivity index (χ3n) is 5.84. The van der Waals surface area contributed by atoms with Crippen molar-refractivity contribution in [3.63, 3.8) is 0 Å². The van der Waals surface area contributed by atoms with Gasteiger partial charge in [0.2, 0.25) is 5.91 Å². The zero-order valence-electron chi connectivity index (χ0n) is 20.3. The smallest absolute Gasteiger partial charge is 0.226 e. The average Bonchev–Trinajstić information content (AvgIpc) is 3.36. The summed E-state index contributed by atoms with van der Waals surface area (Å²) in [4.78, 5) is 16.4. The maximum Gasteiger partial charge on any atom is 0.226 e. The van der Waals surface area contributed by atoms with Gasteiger partial charge < -0.3 is 19.9 Å². The van der Waals surface area contributed by atoms with Crippen molar-refractivity contribution in [2.75, 3.05) is 18.5 Å². The van der Waals surface area contributed by atoms with Crippen LogP contribution in [0.2, 0.25) is 25.1 Å². The van der Waals surface area contributed by atoms with Crippen LogP contribution in [0.5, 0.6) is 0 Å². The molecule has 1 aliphatic heterocycles. The summed E-state index contributed by atoms with van der Waals surface area (Å²) in [6, 6.07) is 17.6. The molecule has 2 atom stereocenters. The minimum Gasteiger partial charge on any atom is -0.365 e. The summed E-state index contributed by atoms with van der Waals surface area (Å²) < 4.78 is 6.29. The van der Waals surface area contributed by atoms with Crippen LogP contribution < -0.4 is 5.32 Å². The SMILES string of the molecule is Cl.O=C(CCN1C=CN(C(Cl)C(OCc2ccc(Cl)cc2Cl)c2ccc(Cl)cc2)C1)Nc1ccc(Cl)cc1Cl. The standard InChI is InChI=1S/C27H23Cl6N3O2.ClH/c28-19-4-1-17(2-5-19)26(38-15-18-3-6-20(29)13-22(18)31)27(33)36-12-11-35(16-36)10-9-25(37)34-24-8-7-21(30)14-23(24)32;/h1-8,11-14,26-27H,9-10,15-16H2,(H,34,37);1H. The molecule has 5 nitrogen and oxygen atoms in total. The number of hydrogen-bond donors (Lipinski definition) is 1. The van der Waals surface area contributed by atoms with Crippen molar-refractivity contribution in [2.45, 2.75) is 24.6 Å². The molecule has 39 heavy (non-hydrogen) atoms. The van der Waals surface area contributed by atoms with E-state index < -0.39 is 11.6 Å². The molecular weight excluding hydrogens is 646 g/mol. The van der Waals surface area contributed by atoms with Crippen LogP contribution in [-0.4, -0.2) is 34.4 Å². The summed E-state index contributed by atoms with van der Waals surface area (Å²) >= 11 is 37.5. The van der Waals surface area contributed by atoms with Gasteiger partial charge in [-0.15, -0.1) is 12.4 Å². The summed E-state index contributed by atoms with van der Waals surface area (Å²) in [6.07, 6.45) is 3.54. The van der Waals surface area contributed by atoms with Gasteiger partial charge in [-0.1, -0.05) is 87.8 Å². The molecule has 4 rings (SSSR count). The number of nitrogens with one attached hydrogen (secondary N) is 1.